The molecule has 0 radical (unpaired) electrons. The number of aryl methyl sites for hydroxylation is 1. The number of carbonyl (C=O) groups is 2. The molecule has 3 heterocycles. The lowest BCUT2D eigenvalue weighted by molar-refractivity contribution is 0.0784. The summed E-state index contributed by atoms with van der Waals surface area (Å²) < 4.78 is 5.27. The molecule has 1 aliphatic rings. The van der Waals surface area contributed by atoms with Gasteiger partial charge in [0.15, 0.2) is 0 Å². The summed E-state index contributed by atoms with van der Waals surface area (Å²) in [5, 5.41) is 9.37. The van der Waals surface area contributed by atoms with Crippen LogP contribution in [0.3, 0.4) is 0 Å². The molecule has 9 nitrogen and oxygen atoms in total. The first-order valence-electron chi connectivity index (χ1n) is 9.63. The van der Waals surface area contributed by atoms with Gasteiger partial charge in [0.05, 0.1) is 24.1 Å². The van der Waals surface area contributed by atoms with E-state index in [0.717, 1.165) is 6.42 Å². The molecule has 30 heavy (non-hydrogen) atoms. The molecule has 9 heteroatoms. The number of hydrogen-bond donors (Lipinski definition) is 2. The molecular formula is C21H22N6O3. The number of rotatable bonds is 5. The highest BCUT2D eigenvalue weighted by molar-refractivity contribution is 6.05. The molecule has 0 bridgehead atoms. The fourth-order valence-corrected chi connectivity index (χ4v) is 3.54. The average Bonchev–Trinajstić information content (AvgIpc) is 3.46. The van der Waals surface area contributed by atoms with Crippen LogP contribution in [0, 0.1) is 6.92 Å². The van der Waals surface area contributed by atoms with E-state index in [-0.39, 0.29) is 17.7 Å². The number of amides is 2. The predicted octanol–water partition coefficient (Wildman–Crippen LogP) is 2.40. The van der Waals surface area contributed by atoms with E-state index in [1.165, 1.54) is 0 Å². The lowest BCUT2D eigenvalue weighted by Gasteiger charge is -2.15. The number of benzene rings is 1. The van der Waals surface area contributed by atoms with Gasteiger partial charge in [-0.2, -0.15) is 5.10 Å². The molecule has 0 saturated carbocycles. The number of nitrogens with one attached hydrogen (secondary N) is 2. The first-order valence-corrected chi connectivity index (χ1v) is 9.63. The van der Waals surface area contributed by atoms with Crippen LogP contribution >= 0.6 is 0 Å². The van der Waals surface area contributed by atoms with Crippen LogP contribution in [0.25, 0.3) is 0 Å². The van der Waals surface area contributed by atoms with E-state index in [1.54, 1.807) is 49.5 Å². The summed E-state index contributed by atoms with van der Waals surface area (Å²) in [5.74, 6) is 0.864. The SMILES string of the molecule is COc1ccccc1NC(=O)c1cnc(C2CCN(C(=O)c3ccn[nH]3)C2)nc1C. The highest BCUT2D eigenvalue weighted by atomic mass is 16.5. The van der Waals surface area contributed by atoms with Gasteiger partial charge < -0.3 is 15.0 Å². The lowest BCUT2D eigenvalue weighted by atomic mass is 10.1. The lowest BCUT2D eigenvalue weighted by Crippen LogP contribution is -2.29. The van der Waals surface area contributed by atoms with Crippen LogP contribution in [0.15, 0.2) is 42.7 Å². The molecule has 1 saturated heterocycles. The Kier molecular flexibility index (Phi) is 5.42. The van der Waals surface area contributed by atoms with Crippen molar-refractivity contribution in [1.29, 1.82) is 0 Å². The minimum atomic E-state index is -0.300. The molecule has 0 spiro atoms. The average molecular weight is 406 g/mol. The number of ether oxygens (including phenoxy) is 1. The molecule has 1 aromatic carbocycles. The third kappa shape index (κ3) is 3.86. The number of aromatic nitrogens is 4. The van der Waals surface area contributed by atoms with Crippen LogP contribution in [-0.2, 0) is 0 Å². The molecule has 0 aliphatic carbocycles. The van der Waals surface area contributed by atoms with E-state index in [0.29, 0.717) is 47.3 Å². The molecule has 1 aliphatic heterocycles. The second-order valence-electron chi connectivity index (χ2n) is 7.09. The Morgan fingerprint density at radius 3 is 2.83 bits per heavy atom. The van der Waals surface area contributed by atoms with Gasteiger partial charge in [0.25, 0.3) is 11.8 Å². The summed E-state index contributed by atoms with van der Waals surface area (Å²) in [7, 11) is 1.55. The zero-order valence-corrected chi connectivity index (χ0v) is 16.8. The summed E-state index contributed by atoms with van der Waals surface area (Å²) in [6, 6.07) is 8.86. The zero-order valence-electron chi connectivity index (χ0n) is 16.8. The highest BCUT2D eigenvalue weighted by Crippen LogP contribution is 2.27. The van der Waals surface area contributed by atoms with Gasteiger partial charge in [-0.05, 0) is 31.5 Å². The Balaban J connectivity index is 1.46. The van der Waals surface area contributed by atoms with E-state index in [4.69, 9.17) is 4.74 Å². The number of methoxy groups -OCH3 is 1. The van der Waals surface area contributed by atoms with Crippen molar-refractivity contribution in [2.75, 3.05) is 25.5 Å². The smallest absolute Gasteiger partial charge is 0.271 e. The Morgan fingerprint density at radius 1 is 1.27 bits per heavy atom. The Morgan fingerprint density at radius 2 is 2.10 bits per heavy atom. The second-order valence-corrected chi connectivity index (χ2v) is 7.09. The van der Waals surface area contributed by atoms with Gasteiger partial charge >= 0.3 is 0 Å². The first kappa shape index (κ1) is 19.6. The number of aromatic amines is 1. The third-order valence-corrected chi connectivity index (χ3v) is 5.17. The number of likely N-dealkylation sites (tertiary alicyclic amines) is 1. The fourth-order valence-electron chi connectivity index (χ4n) is 3.54. The van der Waals surface area contributed by atoms with Crippen molar-refractivity contribution in [3.05, 3.63) is 65.5 Å². The number of hydrogen-bond acceptors (Lipinski definition) is 6. The monoisotopic (exact) mass is 406 g/mol. The first-order chi connectivity index (χ1) is 14.6. The van der Waals surface area contributed by atoms with Gasteiger partial charge in [-0.1, -0.05) is 12.1 Å². The van der Waals surface area contributed by atoms with Crippen molar-refractivity contribution in [2.45, 2.75) is 19.3 Å². The molecule has 1 atom stereocenters. The van der Waals surface area contributed by atoms with Crippen molar-refractivity contribution in [3.8, 4) is 5.75 Å². The summed E-state index contributed by atoms with van der Waals surface area (Å²) in [4.78, 5) is 35.9. The maximum atomic E-state index is 12.7. The van der Waals surface area contributed by atoms with Crippen LogP contribution in [0.5, 0.6) is 5.75 Å². The predicted molar refractivity (Wildman–Crippen MR) is 110 cm³/mol. The van der Waals surface area contributed by atoms with E-state index in [2.05, 4.69) is 25.5 Å². The zero-order chi connectivity index (χ0) is 21.1. The van der Waals surface area contributed by atoms with Gasteiger partial charge in [-0.3, -0.25) is 14.7 Å². The number of H-pyrrole nitrogens is 1. The summed E-state index contributed by atoms with van der Waals surface area (Å²) in [5.41, 5.74) is 2.03. The van der Waals surface area contributed by atoms with Crippen molar-refractivity contribution in [3.63, 3.8) is 0 Å². The molecule has 1 fully saturated rings. The van der Waals surface area contributed by atoms with Crippen molar-refractivity contribution in [1.82, 2.24) is 25.1 Å². The molecule has 4 rings (SSSR count). The van der Waals surface area contributed by atoms with E-state index >= 15 is 0 Å². The third-order valence-electron chi connectivity index (χ3n) is 5.17. The highest BCUT2D eigenvalue weighted by Gasteiger charge is 2.30. The number of nitrogens with zero attached hydrogens (tertiary/aromatic N) is 4. The normalized spacial score (nSPS) is 15.8. The maximum Gasteiger partial charge on any atom is 0.271 e. The van der Waals surface area contributed by atoms with Crippen LogP contribution in [-0.4, -0.2) is 57.1 Å². The second kappa shape index (κ2) is 8.32. The van der Waals surface area contributed by atoms with E-state index in [1.807, 2.05) is 12.1 Å². The molecule has 2 aromatic heterocycles. The van der Waals surface area contributed by atoms with Gasteiger partial charge in [-0.15, -0.1) is 0 Å². The van der Waals surface area contributed by atoms with Crippen molar-refractivity contribution >= 4 is 17.5 Å². The summed E-state index contributed by atoms with van der Waals surface area (Å²) in [6.07, 6.45) is 3.87. The topological polar surface area (TPSA) is 113 Å². The summed E-state index contributed by atoms with van der Waals surface area (Å²) in [6.45, 7) is 2.94. The molecule has 2 N–H and O–H groups in total. The van der Waals surface area contributed by atoms with Gasteiger partial charge in [0.1, 0.15) is 17.3 Å². The van der Waals surface area contributed by atoms with Crippen LogP contribution in [0.4, 0.5) is 5.69 Å². The molecular weight excluding hydrogens is 384 g/mol. The summed E-state index contributed by atoms with van der Waals surface area (Å²) >= 11 is 0. The molecule has 3 aromatic rings. The van der Waals surface area contributed by atoms with Crippen LogP contribution < -0.4 is 10.1 Å². The van der Waals surface area contributed by atoms with Gasteiger partial charge in [0.2, 0.25) is 0 Å². The minimum Gasteiger partial charge on any atom is -0.495 e. The Labute approximate surface area is 173 Å². The Bertz CT molecular complexity index is 1070. The minimum absolute atomic E-state index is 0.0295. The molecule has 2 amide bonds. The quantitative estimate of drug-likeness (QED) is 0.673. The van der Waals surface area contributed by atoms with Gasteiger partial charge in [-0.25, -0.2) is 9.97 Å². The van der Waals surface area contributed by atoms with E-state index < -0.39 is 0 Å². The number of anilines is 1. The number of carbonyl (C=O) groups excluding carboxylic acids is 2. The maximum absolute atomic E-state index is 12.7. The molecule has 154 valence electrons. The standard InChI is InChI=1S/C21H22N6O3/c1-13-15(20(28)25-16-5-3-4-6-18(16)30-2)11-22-19(24-13)14-8-10-27(12-14)21(29)17-7-9-23-26-17/h3-7,9,11,14H,8,10,12H2,1-2H3,(H,23,26)(H,25,28). The number of para-hydroxylation sites is 2. The van der Waals surface area contributed by atoms with Crippen molar-refractivity contribution in [2.24, 2.45) is 0 Å². The largest absolute Gasteiger partial charge is 0.495 e. The van der Waals surface area contributed by atoms with Gasteiger partial charge in [0, 0.05) is 31.4 Å². The van der Waals surface area contributed by atoms with Crippen molar-refractivity contribution < 1.29 is 14.3 Å². The Hall–Kier alpha value is -3.75. The van der Waals surface area contributed by atoms with E-state index in [9.17, 15) is 9.59 Å². The van der Waals surface area contributed by atoms with Crippen LogP contribution in [0.1, 0.15) is 44.7 Å². The van der Waals surface area contributed by atoms with Crippen LogP contribution in [0.2, 0.25) is 0 Å². The fraction of sp³-hybridized carbons (Fsp3) is 0.286. The molecule has 1 unspecified atom stereocenters.